The minimum atomic E-state index is 0.891. The van der Waals surface area contributed by atoms with E-state index in [4.69, 9.17) is 5.73 Å². The highest BCUT2D eigenvalue weighted by molar-refractivity contribution is 9.08. The first-order valence-electron chi connectivity index (χ1n) is 4.04. The zero-order chi connectivity index (χ0) is 9.42. The van der Waals surface area contributed by atoms with E-state index < -0.39 is 0 Å². The average molecular weight is 256 g/mol. The molecule has 1 aromatic carbocycles. The van der Waals surface area contributed by atoms with Crippen molar-refractivity contribution in [3.63, 3.8) is 0 Å². The first-order chi connectivity index (χ1) is 6.22. The molecule has 1 aromatic heterocycles. The van der Waals surface area contributed by atoms with Crippen molar-refractivity contribution < 1.29 is 0 Å². The summed E-state index contributed by atoms with van der Waals surface area (Å²) in [5.74, 6) is 0. The normalized spacial score (nSPS) is 10.9. The topological polar surface area (TPSA) is 26.0 Å². The largest absolute Gasteiger partial charge is 0.398 e. The second-order valence-electron chi connectivity index (χ2n) is 3.10. The van der Waals surface area contributed by atoms with Gasteiger partial charge in [-0.1, -0.05) is 15.9 Å². The van der Waals surface area contributed by atoms with E-state index in [0.717, 1.165) is 11.0 Å². The Bertz CT molecular complexity index is 447. The molecule has 2 rings (SSSR count). The van der Waals surface area contributed by atoms with Crippen LogP contribution in [-0.2, 0) is 5.33 Å². The number of rotatable bonds is 1. The average Bonchev–Trinajstić information content (AvgIpc) is 2.46. The number of hydrogen-bond donors (Lipinski definition) is 1. The Morgan fingerprint density at radius 1 is 1.46 bits per heavy atom. The summed E-state index contributed by atoms with van der Waals surface area (Å²) in [6.45, 7) is 2.13. The highest BCUT2D eigenvalue weighted by atomic mass is 79.9. The summed E-state index contributed by atoms with van der Waals surface area (Å²) in [6.07, 6.45) is 0. The van der Waals surface area contributed by atoms with E-state index in [1.165, 1.54) is 21.2 Å². The van der Waals surface area contributed by atoms with Gasteiger partial charge in [0.15, 0.2) is 0 Å². The molecule has 68 valence electrons. The van der Waals surface area contributed by atoms with Gasteiger partial charge in [-0.05, 0) is 30.2 Å². The van der Waals surface area contributed by atoms with Crippen LogP contribution >= 0.6 is 27.3 Å². The lowest BCUT2D eigenvalue weighted by atomic mass is 10.1. The Morgan fingerprint density at radius 3 is 2.92 bits per heavy atom. The van der Waals surface area contributed by atoms with Gasteiger partial charge in [-0.2, -0.15) is 0 Å². The molecule has 1 heterocycles. The van der Waals surface area contributed by atoms with Crippen LogP contribution in [0.2, 0.25) is 0 Å². The molecule has 0 aliphatic rings. The molecule has 0 aliphatic carbocycles. The molecule has 0 bridgehead atoms. The van der Waals surface area contributed by atoms with Crippen molar-refractivity contribution in [2.24, 2.45) is 0 Å². The highest BCUT2D eigenvalue weighted by Gasteiger charge is 2.04. The Morgan fingerprint density at radius 2 is 2.23 bits per heavy atom. The SMILES string of the molecule is Cc1cc2scc(N)c2cc1CBr. The molecule has 0 saturated carbocycles. The molecule has 3 heteroatoms. The van der Waals surface area contributed by atoms with E-state index in [2.05, 4.69) is 35.0 Å². The summed E-state index contributed by atoms with van der Waals surface area (Å²) < 4.78 is 1.28. The van der Waals surface area contributed by atoms with Crippen LogP contribution in [0.25, 0.3) is 10.1 Å². The lowest BCUT2D eigenvalue weighted by Gasteiger charge is -2.02. The van der Waals surface area contributed by atoms with Gasteiger partial charge in [-0.3, -0.25) is 0 Å². The van der Waals surface area contributed by atoms with Crippen molar-refractivity contribution in [3.05, 3.63) is 28.6 Å². The molecule has 2 aromatic rings. The highest BCUT2D eigenvalue weighted by Crippen LogP contribution is 2.31. The number of thiophene rings is 1. The molecule has 1 nitrogen and oxygen atoms in total. The monoisotopic (exact) mass is 255 g/mol. The number of alkyl halides is 1. The van der Waals surface area contributed by atoms with Crippen LogP contribution in [0, 0.1) is 6.92 Å². The molecule has 0 saturated heterocycles. The summed E-state index contributed by atoms with van der Waals surface area (Å²) in [5, 5.41) is 4.08. The molecule has 2 N–H and O–H groups in total. The standard InChI is InChI=1S/C10H10BrNS/c1-6-2-10-8(3-7(6)4-11)9(12)5-13-10/h2-3,5H,4,12H2,1H3. The Labute approximate surface area is 89.7 Å². The van der Waals surface area contributed by atoms with Crippen LogP contribution in [0.5, 0.6) is 0 Å². The predicted molar refractivity (Wildman–Crippen MR) is 63.6 cm³/mol. The maximum atomic E-state index is 5.84. The number of aryl methyl sites for hydroxylation is 1. The van der Waals surface area contributed by atoms with Gasteiger partial charge >= 0.3 is 0 Å². The third kappa shape index (κ3) is 1.46. The van der Waals surface area contributed by atoms with Gasteiger partial charge in [0.05, 0.1) is 5.69 Å². The Hall–Kier alpha value is -0.540. The van der Waals surface area contributed by atoms with Crippen molar-refractivity contribution >= 4 is 43.0 Å². The fourth-order valence-corrected chi connectivity index (χ4v) is 2.92. The van der Waals surface area contributed by atoms with Gasteiger partial charge in [-0.25, -0.2) is 0 Å². The maximum absolute atomic E-state index is 5.84. The number of halogens is 1. The molecule has 0 unspecified atom stereocenters. The summed E-state index contributed by atoms with van der Waals surface area (Å²) >= 11 is 5.18. The van der Waals surface area contributed by atoms with E-state index >= 15 is 0 Å². The van der Waals surface area contributed by atoms with E-state index in [0.29, 0.717) is 0 Å². The van der Waals surface area contributed by atoms with Crippen molar-refractivity contribution in [2.45, 2.75) is 12.3 Å². The van der Waals surface area contributed by atoms with Crippen LogP contribution in [0.4, 0.5) is 5.69 Å². The number of nitrogen functional groups attached to an aromatic ring is 1. The molecule has 0 fully saturated rings. The van der Waals surface area contributed by atoms with Crippen molar-refractivity contribution in [1.29, 1.82) is 0 Å². The second kappa shape index (κ2) is 3.31. The van der Waals surface area contributed by atoms with Crippen LogP contribution in [-0.4, -0.2) is 0 Å². The van der Waals surface area contributed by atoms with Gasteiger partial charge in [0.2, 0.25) is 0 Å². The fraction of sp³-hybridized carbons (Fsp3) is 0.200. The Balaban J connectivity index is 2.77. The van der Waals surface area contributed by atoms with Gasteiger partial charge in [0.1, 0.15) is 0 Å². The lowest BCUT2D eigenvalue weighted by molar-refractivity contribution is 1.35. The quantitative estimate of drug-likeness (QED) is 0.774. The molecule has 0 atom stereocenters. The zero-order valence-corrected chi connectivity index (χ0v) is 9.71. The molecule has 0 aliphatic heterocycles. The lowest BCUT2D eigenvalue weighted by Crippen LogP contribution is -1.85. The summed E-state index contributed by atoms with van der Waals surface area (Å²) in [6, 6.07) is 4.37. The predicted octanol–water partition coefficient (Wildman–Crippen LogP) is 3.69. The third-order valence-corrected chi connectivity index (χ3v) is 3.77. The Kier molecular flexibility index (Phi) is 2.30. The van der Waals surface area contributed by atoms with E-state index in [9.17, 15) is 0 Å². The van der Waals surface area contributed by atoms with Crippen molar-refractivity contribution in [1.82, 2.24) is 0 Å². The zero-order valence-electron chi connectivity index (χ0n) is 7.30. The van der Waals surface area contributed by atoms with Crippen molar-refractivity contribution in [3.8, 4) is 0 Å². The van der Waals surface area contributed by atoms with Crippen molar-refractivity contribution in [2.75, 3.05) is 5.73 Å². The van der Waals surface area contributed by atoms with E-state index in [-0.39, 0.29) is 0 Å². The maximum Gasteiger partial charge on any atom is 0.0502 e. The molecule has 13 heavy (non-hydrogen) atoms. The summed E-state index contributed by atoms with van der Waals surface area (Å²) in [5.41, 5.74) is 9.38. The second-order valence-corrected chi connectivity index (χ2v) is 4.57. The number of nitrogens with two attached hydrogens (primary N) is 1. The smallest absolute Gasteiger partial charge is 0.0502 e. The van der Waals surface area contributed by atoms with E-state index in [1.54, 1.807) is 11.3 Å². The van der Waals surface area contributed by atoms with E-state index in [1.807, 2.05) is 5.38 Å². The third-order valence-electron chi connectivity index (χ3n) is 2.21. The summed E-state index contributed by atoms with van der Waals surface area (Å²) in [4.78, 5) is 0. The number of benzene rings is 1. The molecule has 0 spiro atoms. The number of anilines is 1. The van der Waals surface area contributed by atoms with Crippen LogP contribution in [0.3, 0.4) is 0 Å². The molecular weight excluding hydrogens is 246 g/mol. The first-order valence-corrected chi connectivity index (χ1v) is 6.04. The molecule has 0 amide bonds. The minimum absolute atomic E-state index is 0.891. The number of hydrogen-bond acceptors (Lipinski definition) is 2. The number of fused-ring (bicyclic) bond motifs is 1. The van der Waals surface area contributed by atoms with Crippen LogP contribution in [0.1, 0.15) is 11.1 Å². The van der Waals surface area contributed by atoms with Gasteiger partial charge in [-0.15, -0.1) is 11.3 Å². The molecule has 0 radical (unpaired) electrons. The minimum Gasteiger partial charge on any atom is -0.398 e. The summed E-state index contributed by atoms with van der Waals surface area (Å²) in [7, 11) is 0. The molecular formula is C10H10BrNS. The van der Waals surface area contributed by atoms with Gasteiger partial charge in [0.25, 0.3) is 0 Å². The van der Waals surface area contributed by atoms with Crippen LogP contribution < -0.4 is 5.73 Å². The van der Waals surface area contributed by atoms with Gasteiger partial charge in [0, 0.05) is 20.8 Å². The van der Waals surface area contributed by atoms with Crippen LogP contribution in [0.15, 0.2) is 17.5 Å². The fourth-order valence-electron chi connectivity index (χ4n) is 1.38. The first kappa shape index (κ1) is 9.03. The van der Waals surface area contributed by atoms with Gasteiger partial charge < -0.3 is 5.73 Å².